The maximum absolute atomic E-state index is 13.2. The summed E-state index contributed by atoms with van der Waals surface area (Å²) in [5.41, 5.74) is 1.15. The van der Waals surface area contributed by atoms with Crippen LogP contribution in [0.4, 0.5) is 23.2 Å². The van der Waals surface area contributed by atoms with Crippen molar-refractivity contribution in [1.29, 1.82) is 0 Å². The van der Waals surface area contributed by atoms with E-state index in [0.29, 0.717) is 11.3 Å². The van der Waals surface area contributed by atoms with Gasteiger partial charge in [-0.1, -0.05) is 22.0 Å². The Labute approximate surface area is 128 Å². The second-order valence-corrected chi connectivity index (χ2v) is 5.47. The fourth-order valence-corrected chi connectivity index (χ4v) is 2.35. The molecule has 0 fully saturated rings. The number of alkyl halides is 3. The monoisotopic (exact) mass is 361 g/mol. The second kappa shape index (κ2) is 6.05. The molecule has 1 N–H and O–H groups in total. The van der Waals surface area contributed by atoms with Crippen LogP contribution in [-0.2, 0) is 12.7 Å². The van der Waals surface area contributed by atoms with E-state index in [1.165, 1.54) is 24.3 Å². The van der Waals surface area contributed by atoms with Gasteiger partial charge in [-0.3, -0.25) is 0 Å². The predicted molar refractivity (Wildman–Crippen MR) is 77.6 cm³/mol. The first kappa shape index (κ1) is 15.8. The largest absolute Gasteiger partial charge is 0.417 e. The first-order chi connectivity index (χ1) is 9.77. The smallest absolute Gasteiger partial charge is 0.381 e. The summed E-state index contributed by atoms with van der Waals surface area (Å²) in [7, 11) is 0. The van der Waals surface area contributed by atoms with Gasteiger partial charge in [0.05, 0.1) is 5.56 Å². The summed E-state index contributed by atoms with van der Waals surface area (Å²) < 4.78 is 51.6. The van der Waals surface area contributed by atoms with Crippen molar-refractivity contribution in [2.45, 2.75) is 19.6 Å². The highest BCUT2D eigenvalue weighted by atomic mass is 79.9. The lowest BCUT2D eigenvalue weighted by atomic mass is 10.1. The Morgan fingerprint density at radius 3 is 2.48 bits per heavy atom. The molecular formula is C15H12BrF4N. The number of aryl methyl sites for hydroxylation is 1. The minimum atomic E-state index is -4.43. The van der Waals surface area contributed by atoms with Crippen LogP contribution in [0.1, 0.15) is 16.7 Å². The quantitative estimate of drug-likeness (QED) is 0.709. The number of halogens is 5. The highest BCUT2D eigenvalue weighted by molar-refractivity contribution is 9.10. The van der Waals surface area contributed by atoms with Crippen LogP contribution in [0, 0.1) is 12.7 Å². The van der Waals surface area contributed by atoms with E-state index in [1.54, 1.807) is 6.07 Å². The molecule has 0 atom stereocenters. The third-order valence-corrected chi connectivity index (χ3v) is 3.76. The fourth-order valence-electron chi connectivity index (χ4n) is 1.88. The van der Waals surface area contributed by atoms with Crippen LogP contribution in [-0.4, -0.2) is 0 Å². The van der Waals surface area contributed by atoms with Crippen molar-refractivity contribution >= 4 is 21.6 Å². The number of nitrogens with one attached hydrogen (secondary N) is 1. The zero-order valence-corrected chi connectivity index (χ0v) is 12.6. The summed E-state index contributed by atoms with van der Waals surface area (Å²) in [5, 5.41) is 2.88. The van der Waals surface area contributed by atoms with E-state index in [4.69, 9.17) is 0 Å². The van der Waals surface area contributed by atoms with Crippen LogP contribution in [0.2, 0.25) is 0 Å². The summed E-state index contributed by atoms with van der Waals surface area (Å²) in [6, 6.07) is 8.25. The number of rotatable bonds is 3. The van der Waals surface area contributed by atoms with Gasteiger partial charge in [0.25, 0.3) is 0 Å². The molecule has 0 unspecified atom stereocenters. The minimum absolute atomic E-state index is 0.0116. The molecule has 0 spiro atoms. The zero-order valence-electron chi connectivity index (χ0n) is 11.1. The summed E-state index contributed by atoms with van der Waals surface area (Å²) in [6.45, 7) is 2.07. The van der Waals surface area contributed by atoms with E-state index in [1.807, 2.05) is 6.92 Å². The lowest BCUT2D eigenvalue weighted by molar-refractivity contribution is -0.138. The minimum Gasteiger partial charge on any atom is -0.381 e. The van der Waals surface area contributed by atoms with Crippen LogP contribution in [0.25, 0.3) is 0 Å². The highest BCUT2D eigenvalue weighted by Crippen LogP contribution is 2.36. The Morgan fingerprint density at radius 2 is 1.81 bits per heavy atom. The average Bonchev–Trinajstić information content (AvgIpc) is 2.40. The van der Waals surface area contributed by atoms with Crippen molar-refractivity contribution in [3.63, 3.8) is 0 Å². The van der Waals surface area contributed by atoms with Crippen molar-refractivity contribution < 1.29 is 17.6 Å². The molecule has 0 saturated heterocycles. The van der Waals surface area contributed by atoms with Crippen LogP contribution in [0.15, 0.2) is 40.9 Å². The SMILES string of the molecule is Cc1ccc(F)cc1CNc1ccc(Br)c(C(F)(F)F)c1. The van der Waals surface area contributed by atoms with Crippen molar-refractivity contribution in [3.8, 4) is 0 Å². The maximum atomic E-state index is 13.2. The lowest BCUT2D eigenvalue weighted by Gasteiger charge is -2.13. The fraction of sp³-hybridized carbons (Fsp3) is 0.200. The predicted octanol–water partition coefficient (Wildman–Crippen LogP) is 5.53. The van der Waals surface area contributed by atoms with Gasteiger partial charge < -0.3 is 5.32 Å². The van der Waals surface area contributed by atoms with Crippen molar-refractivity contribution in [2.24, 2.45) is 0 Å². The van der Waals surface area contributed by atoms with E-state index >= 15 is 0 Å². The number of benzene rings is 2. The van der Waals surface area contributed by atoms with Gasteiger partial charge in [0.1, 0.15) is 5.82 Å². The molecule has 21 heavy (non-hydrogen) atoms. The summed E-state index contributed by atoms with van der Waals surface area (Å²) in [5.74, 6) is -0.371. The molecule has 0 bridgehead atoms. The van der Waals surface area contributed by atoms with Crippen LogP contribution < -0.4 is 5.32 Å². The van der Waals surface area contributed by atoms with Crippen LogP contribution in [0.3, 0.4) is 0 Å². The molecular weight excluding hydrogens is 350 g/mol. The molecule has 0 amide bonds. The van der Waals surface area contributed by atoms with E-state index in [2.05, 4.69) is 21.2 Å². The molecule has 2 aromatic carbocycles. The molecule has 0 aromatic heterocycles. The molecule has 0 saturated carbocycles. The van der Waals surface area contributed by atoms with E-state index < -0.39 is 11.7 Å². The molecule has 2 aromatic rings. The molecule has 112 valence electrons. The molecule has 0 radical (unpaired) electrons. The normalized spacial score (nSPS) is 11.5. The van der Waals surface area contributed by atoms with E-state index in [-0.39, 0.29) is 16.8 Å². The van der Waals surface area contributed by atoms with Crippen molar-refractivity contribution in [3.05, 3.63) is 63.4 Å². The molecule has 6 heteroatoms. The Morgan fingerprint density at radius 1 is 1.10 bits per heavy atom. The van der Waals surface area contributed by atoms with Crippen molar-refractivity contribution in [1.82, 2.24) is 0 Å². The number of anilines is 1. The molecule has 2 rings (SSSR count). The Kier molecular flexibility index (Phi) is 4.56. The first-order valence-corrected chi connectivity index (χ1v) is 6.92. The van der Waals surface area contributed by atoms with Gasteiger partial charge in [-0.05, 0) is 48.4 Å². The number of hydrogen-bond acceptors (Lipinski definition) is 1. The Hall–Kier alpha value is -1.56. The van der Waals surface area contributed by atoms with Gasteiger partial charge in [0.2, 0.25) is 0 Å². The molecule has 1 nitrogen and oxygen atoms in total. The second-order valence-electron chi connectivity index (χ2n) is 4.62. The summed E-state index contributed by atoms with van der Waals surface area (Å²) >= 11 is 2.89. The highest BCUT2D eigenvalue weighted by Gasteiger charge is 2.33. The average molecular weight is 362 g/mol. The molecule has 0 heterocycles. The van der Waals surface area contributed by atoms with Gasteiger partial charge in [-0.25, -0.2) is 4.39 Å². The standard InChI is InChI=1S/C15H12BrF4N/c1-9-2-3-11(17)6-10(9)8-21-12-4-5-14(16)13(7-12)15(18,19)20/h2-7,21H,8H2,1H3. The van der Waals surface area contributed by atoms with Gasteiger partial charge in [-0.2, -0.15) is 13.2 Å². The third-order valence-electron chi connectivity index (χ3n) is 3.07. The van der Waals surface area contributed by atoms with E-state index in [0.717, 1.165) is 11.6 Å². The Balaban J connectivity index is 2.19. The first-order valence-electron chi connectivity index (χ1n) is 6.13. The van der Waals surface area contributed by atoms with Gasteiger partial charge in [0.15, 0.2) is 0 Å². The van der Waals surface area contributed by atoms with Crippen LogP contribution >= 0.6 is 15.9 Å². The molecule has 0 aliphatic heterocycles. The molecule has 0 aliphatic rings. The lowest BCUT2D eigenvalue weighted by Crippen LogP contribution is -2.08. The summed E-state index contributed by atoms with van der Waals surface area (Å²) in [6.07, 6.45) is -4.43. The molecule has 0 aliphatic carbocycles. The zero-order chi connectivity index (χ0) is 15.6. The van der Waals surface area contributed by atoms with Gasteiger partial charge in [-0.15, -0.1) is 0 Å². The number of hydrogen-bond donors (Lipinski definition) is 1. The summed E-state index contributed by atoms with van der Waals surface area (Å²) in [4.78, 5) is 0. The topological polar surface area (TPSA) is 12.0 Å². The Bertz CT molecular complexity index is 653. The van der Waals surface area contributed by atoms with Gasteiger partial charge >= 0.3 is 6.18 Å². The van der Waals surface area contributed by atoms with Crippen LogP contribution in [0.5, 0.6) is 0 Å². The van der Waals surface area contributed by atoms with E-state index in [9.17, 15) is 17.6 Å². The van der Waals surface area contributed by atoms with Gasteiger partial charge in [0, 0.05) is 16.7 Å². The maximum Gasteiger partial charge on any atom is 0.417 e. The third kappa shape index (κ3) is 3.97. The van der Waals surface area contributed by atoms with Crippen molar-refractivity contribution in [2.75, 3.05) is 5.32 Å².